The van der Waals surface area contributed by atoms with Gasteiger partial charge < -0.3 is 16.0 Å². The van der Waals surface area contributed by atoms with Crippen LogP contribution in [0, 0.1) is 0 Å². The van der Waals surface area contributed by atoms with Crippen LogP contribution in [0.1, 0.15) is 39.2 Å². The lowest BCUT2D eigenvalue weighted by molar-refractivity contribution is 0.604. The molecule has 1 aromatic heterocycles. The van der Waals surface area contributed by atoms with Crippen LogP contribution >= 0.6 is 12.2 Å². The first-order chi connectivity index (χ1) is 12.9. The van der Waals surface area contributed by atoms with Crippen molar-refractivity contribution in [3.8, 4) is 0 Å². The molecule has 1 heterocycles. The first kappa shape index (κ1) is 20.7. The van der Waals surface area contributed by atoms with Gasteiger partial charge in [-0.15, -0.1) is 0 Å². The Balaban J connectivity index is 2.36. The summed E-state index contributed by atoms with van der Waals surface area (Å²) >= 11 is 5.50. The van der Waals surface area contributed by atoms with E-state index in [2.05, 4.69) is 17.2 Å². The van der Waals surface area contributed by atoms with Crippen molar-refractivity contribution in [2.75, 3.05) is 22.5 Å². The molecule has 1 aromatic carbocycles. The lowest BCUT2D eigenvalue weighted by Gasteiger charge is -2.26. The van der Waals surface area contributed by atoms with Gasteiger partial charge in [0.2, 0.25) is 0 Å². The molecule has 0 spiro atoms. The fourth-order valence-electron chi connectivity index (χ4n) is 2.79. The SMILES string of the molecule is CCCCn1c(N)c(N(CC)C(=S)Nc2ccc(CC)cc2)c(=O)[nH]c1=O. The van der Waals surface area contributed by atoms with Crippen LogP contribution in [0.2, 0.25) is 0 Å². The van der Waals surface area contributed by atoms with E-state index in [1.54, 1.807) is 4.90 Å². The number of aromatic nitrogens is 2. The van der Waals surface area contributed by atoms with Gasteiger partial charge in [0.05, 0.1) is 0 Å². The molecular weight excluding hydrogens is 362 g/mol. The Morgan fingerprint density at radius 2 is 1.89 bits per heavy atom. The molecule has 0 amide bonds. The van der Waals surface area contributed by atoms with Crippen molar-refractivity contribution >= 4 is 34.5 Å². The summed E-state index contributed by atoms with van der Waals surface area (Å²) < 4.78 is 1.39. The van der Waals surface area contributed by atoms with E-state index in [9.17, 15) is 9.59 Å². The Hall–Kier alpha value is -2.61. The molecule has 0 bridgehead atoms. The van der Waals surface area contributed by atoms with Crippen LogP contribution in [-0.2, 0) is 13.0 Å². The maximum Gasteiger partial charge on any atom is 0.330 e. The molecule has 2 aromatic rings. The summed E-state index contributed by atoms with van der Waals surface area (Å²) in [6, 6.07) is 7.92. The summed E-state index contributed by atoms with van der Waals surface area (Å²) in [5.74, 6) is 0.129. The van der Waals surface area contributed by atoms with Gasteiger partial charge in [-0.05, 0) is 49.7 Å². The molecule has 0 saturated carbocycles. The quantitative estimate of drug-likeness (QED) is 0.630. The van der Waals surface area contributed by atoms with Crippen molar-refractivity contribution in [3.05, 3.63) is 50.7 Å². The Morgan fingerprint density at radius 3 is 2.44 bits per heavy atom. The monoisotopic (exact) mass is 389 g/mol. The third-order valence-corrected chi connectivity index (χ3v) is 4.72. The molecular formula is C19H27N5O2S. The van der Waals surface area contributed by atoms with Crippen molar-refractivity contribution in [1.82, 2.24) is 9.55 Å². The number of hydrogen-bond donors (Lipinski definition) is 3. The van der Waals surface area contributed by atoms with E-state index in [-0.39, 0.29) is 11.5 Å². The van der Waals surface area contributed by atoms with Crippen LogP contribution in [0.15, 0.2) is 33.9 Å². The second kappa shape index (κ2) is 9.36. The average Bonchev–Trinajstić information content (AvgIpc) is 2.65. The molecule has 0 fully saturated rings. The number of H-pyrrole nitrogens is 1. The highest BCUT2D eigenvalue weighted by Gasteiger charge is 2.20. The summed E-state index contributed by atoms with van der Waals surface area (Å²) in [6.07, 6.45) is 2.65. The van der Waals surface area contributed by atoms with E-state index in [4.69, 9.17) is 18.0 Å². The Kier molecular flexibility index (Phi) is 7.18. The van der Waals surface area contributed by atoms with Gasteiger partial charge in [-0.25, -0.2) is 4.79 Å². The van der Waals surface area contributed by atoms with E-state index in [0.717, 1.165) is 24.9 Å². The average molecular weight is 390 g/mol. The largest absolute Gasteiger partial charge is 0.383 e. The topological polar surface area (TPSA) is 96.2 Å². The highest BCUT2D eigenvalue weighted by Crippen LogP contribution is 2.19. The maximum absolute atomic E-state index is 12.4. The van der Waals surface area contributed by atoms with Crippen LogP contribution in [0.4, 0.5) is 17.2 Å². The Morgan fingerprint density at radius 1 is 1.22 bits per heavy atom. The first-order valence-corrected chi connectivity index (χ1v) is 9.63. The van der Waals surface area contributed by atoms with E-state index in [0.29, 0.717) is 18.2 Å². The smallest absolute Gasteiger partial charge is 0.330 e. The molecule has 0 radical (unpaired) electrons. The molecule has 27 heavy (non-hydrogen) atoms. The lowest BCUT2D eigenvalue weighted by Crippen LogP contribution is -2.42. The van der Waals surface area contributed by atoms with Gasteiger partial charge in [-0.1, -0.05) is 32.4 Å². The fraction of sp³-hybridized carbons (Fsp3) is 0.421. The Bertz CT molecular complexity index is 902. The third-order valence-electron chi connectivity index (χ3n) is 4.39. The standard InChI is InChI=1S/C19H27N5O2S/c1-4-7-12-24-16(20)15(17(25)22-18(24)26)23(6-3)19(27)21-14-10-8-13(5-2)9-11-14/h8-11H,4-7,12,20H2,1-3H3,(H,21,27)(H,22,25,26). The van der Waals surface area contributed by atoms with E-state index >= 15 is 0 Å². The lowest BCUT2D eigenvalue weighted by atomic mass is 10.1. The summed E-state index contributed by atoms with van der Waals surface area (Å²) in [5.41, 5.74) is 7.38. The number of thiocarbonyl (C=S) groups is 1. The number of aromatic amines is 1. The van der Waals surface area contributed by atoms with Gasteiger partial charge >= 0.3 is 5.69 Å². The molecule has 2 rings (SSSR count). The van der Waals surface area contributed by atoms with Gasteiger partial charge in [-0.3, -0.25) is 14.3 Å². The molecule has 0 aliphatic heterocycles. The fourth-order valence-corrected chi connectivity index (χ4v) is 3.13. The minimum Gasteiger partial charge on any atom is -0.383 e. The predicted octanol–water partition coefficient (Wildman–Crippen LogP) is 2.70. The summed E-state index contributed by atoms with van der Waals surface area (Å²) in [7, 11) is 0. The van der Waals surface area contributed by atoms with Crippen molar-refractivity contribution in [2.45, 2.75) is 46.6 Å². The minimum absolute atomic E-state index is 0.129. The first-order valence-electron chi connectivity index (χ1n) is 9.22. The zero-order valence-corrected chi connectivity index (χ0v) is 16.9. The number of rotatable bonds is 7. The van der Waals surface area contributed by atoms with Crippen LogP contribution in [0.5, 0.6) is 0 Å². The van der Waals surface area contributed by atoms with Crippen molar-refractivity contribution in [3.63, 3.8) is 0 Å². The number of anilines is 3. The van der Waals surface area contributed by atoms with E-state index in [1.165, 1.54) is 10.1 Å². The Labute approximate surface area is 164 Å². The number of nitrogens with one attached hydrogen (secondary N) is 2. The maximum atomic E-state index is 12.4. The minimum atomic E-state index is -0.544. The summed E-state index contributed by atoms with van der Waals surface area (Å²) in [5, 5.41) is 3.48. The highest BCUT2D eigenvalue weighted by atomic mass is 32.1. The zero-order valence-electron chi connectivity index (χ0n) is 16.0. The van der Waals surface area contributed by atoms with Gasteiger partial charge in [0.15, 0.2) is 10.8 Å². The van der Waals surface area contributed by atoms with E-state index in [1.807, 2.05) is 38.1 Å². The number of unbranched alkanes of at least 4 members (excludes halogenated alkanes) is 1. The number of nitrogen functional groups attached to an aromatic ring is 1. The number of hydrogen-bond acceptors (Lipinski definition) is 4. The van der Waals surface area contributed by atoms with Crippen LogP contribution in [-0.4, -0.2) is 21.2 Å². The molecule has 7 nitrogen and oxygen atoms in total. The predicted molar refractivity (Wildman–Crippen MR) is 116 cm³/mol. The van der Waals surface area contributed by atoms with Crippen molar-refractivity contribution < 1.29 is 0 Å². The molecule has 0 aliphatic rings. The number of nitrogens with two attached hydrogens (primary N) is 1. The molecule has 0 atom stereocenters. The molecule has 0 aliphatic carbocycles. The number of nitrogens with zero attached hydrogens (tertiary/aromatic N) is 2. The second-order valence-corrected chi connectivity index (χ2v) is 6.61. The molecule has 4 N–H and O–H groups in total. The van der Waals surface area contributed by atoms with Gasteiger partial charge in [-0.2, -0.15) is 0 Å². The molecule has 146 valence electrons. The second-order valence-electron chi connectivity index (χ2n) is 6.22. The van der Waals surface area contributed by atoms with Crippen molar-refractivity contribution in [2.24, 2.45) is 0 Å². The van der Waals surface area contributed by atoms with Crippen LogP contribution < -0.4 is 27.2 Å². The van der Waals surface area contributed by atoms with Crippen molar-refractivity contribution in [1.29, 1.82) is 0 Å². The number of aryl methyl sites for hydroxylation is 1. The van der Waals surface area contributed by atoms with Gasteiger partial charge in [0, 0.05) is 18.8 Å². The van der Waals surface area contributed by atoms with Crippen LogP contribution in [0.3, 0.4) is 0 Å². The van der Waals surface area contributed by atoms with Crippen LogP contribution in [0.25, 0.3) is 0 Å². The molecule has 0 saturated heterocycles. The summed E-state index contributed by atoms with van der Waals surface area (Å²) in [4.78, 5) is 28.5. The summed E-state index contributed by atoms with van der Waals surface area (Å²) in [6.45, 7) is 6.86. The normalized spacial score (nSPS) is 10.6. The highest BCUT2D eigenvalue weighted by molar-refractivity contribution is 7.80. The van der Waals surface area contributed by atoms with Gasteiger partial charge in [0.1, 0.15) is 5.82 Å². The third kappa shape index (κ3) is 4.77. The molecule has 8 heteroatoms. The number of benzene rings is 1. The van der Waals surface area contributed by atoms with E-state index < -0.39 is 11.2 Å². The van der Waals surface area contributed by atoms with Gasteiger partial charge in [0.25, 0.3) is 5.56 Å². The molecule has 0 unspecified atom stereocenters. The zero-order chi connectivity index (χ0) is 20.0.